The van der Waals surface area contributed by atoms with E-state index in [0.29, 0.717) is 5.92 Å². The van der Waals surface area contributed by atoms with Crippen molar-refractivity contribution in [1.29, 1.82) is 0 Å². The average Bonchev–Trinajstić information content (AvgIpc) is 3.02. The zero-order chi connectivity index (χ0) is 32.4. The van der Waals surface area contributed by atoms with Gasteiger partial charge in [0.1, 0.15) is 0 Å². The third-order valence-electron chi connectivity index (χ3n) is 10.9. The molecular weight excluding hydrogens is 536 g/mol. The summed E-state index contributed by atoms with van der Waals surface area (Å²) in [6, 6.07) is 0. The summed E-state index contributed by atoms with van der Waals surface area (Å²) in [5.41, 5.74) is -0.497. The van der Waals surface area contributed by atoms with Crippen LogP contribution in [0.15, 0.2) is 0 Å². The molecule has 0 spiro atoms. The van der Waals surface area contributed by atoms with Gasteiger partial charge in [-0.3, -0.25) is 4.79 Å². The van der Waals surface area contributed by atoms with Crippen molar-refractivity contribution in [1.82, 2.24) is 0 Å². The Morgan fingerprint density at radius 1 is 0.409 bits per heavy atom. The van der Waals surface area contributed by atoms with Crippen molar-refractivity contribution in [2.45, 2.75) is 252 Å². The first kappa shape index (κ1) is 43.5. The molecular formula is C42H84O2. The molecule has 0 aliphatic heterocycles. The van der Waals surface area contributed by atoms with Gasteiger partial charge in [-0.25, -0.2) is 0 Å². The second kappa shape index (κ2) is 33.8. The highest BCUT2D eigenvalue weighted by Gasteiger charge is 2.42. The van der Waals surface area contributed by atoms with Crippen LogP contribution in [0.25, 0.3) is 0 Å². The van der Waals surface area contributed by atoms with Crippen LogP contribution in [0.1, 0.15) is 252 Å². The molecule has 2 atom stereocenters. The van der Waals surface area contributed by atoms with E-state index in [9.17, 15) is 9.90 Å². The van der Waals surface area contributed by atoms with Crippen LogP contribution in [0.2, 0.25) is 0 Å². The Hall–Kier alpha value is -0.530. The standard InChI is InChI=1S/C42H84O2/c1-5-9-12-14-16-18-20-22-24-26-28-30-32-34-36-38-40(42(8-4,41(43)44)39-11-7-3)37-35-33-31-29-27-25-23-21-19-17-15-13-10-6-2/h40H,5-39H2,1-4H3,(H,43,44). The number of aliphatic carboxylic acids is 1. The van der Waals surface area contributed by atoms with Crippen LogP contribution in [0.4, 0.5) is 0 Å². The van der Waals surface area contributed by atoms with Gasteiger partial charge in [0.25, 0.3) is 0 Å². The summed E-state index contributed by atoms with van der Waals surface area (Å²) in [7, 11) is 0. The van der Waals surface area contributed by atoms with Crippen LogP contribution < -0.4 is 0 Å². The topological polar surface area (TPSA) is 37.3 Å². The maximum atomic E-state index is 12.7. The molecule has 0 aromatic carbocycles. The van der Waals surface area contributed by atoms with Crippen LogP contribution in [0.5, 0.6) is 0 Å². The average molecular weight is 621 g/mol. The molecule has 0 aliphatic carbocycles. The van der Waals surface area contributed by atoms with Gasteiger partial charge in [-0.1, -0.05) is 227 Å². The Kier molecular flexibility index (Phi) is 33.4. The van der Waals surface area contributed by atoms with Crippen LogP contribution in [0, 0.1) is 11.3 Å². The zero-order valence-corrected chi connectivity index (χ0v) is 31.2. The maximum absolute atomic E-state index is 12.7. The Balaban J connectivity index is 4.21. The van der Waals surface area contributed by atoms with Crippen molar-refractivity contribution in [2.75, 3.05) is 0 Å². The van der Waals surface area contributed by atoms with Gasteiger partial charge in [0.05, 0.1) is 5.41 Å². The highest BCUT2D eigenvalue weighted by atomic mass is 16.4. The highest BCUT2D eigenvalue weighted by Crippen LogP contribution is 2.43. The molecule has 0 rings (SSSR count). The summed E-state index contributed by atoms with van der Waals surface area (Å²) in [5, 5.41) is 10.5. The van der Waals surface area contributed by atoms with Crippen LogP contribution >= 0.6 is 0 Å². The summed E-state index contributed by atoms with van der Waals surface area (Å²) in [6.45, 7) is 8.94. The van der Waals surface area contributed by atoms with Crippen LogP contribution in [-0.2, 0) is 4.79 Å². The Morgan fingerprint density at radius 3 is 0.886 bits per heavy atom. The minimum Gasteiger partial charge on any atom is -0.481 e. The first-order valence-corrected chi connectivity index (χ1v) is 20.8. The fraction of sp³-hybridized carbons (Fsp3) is 0.976. The molecule has 0 aromatic rings. The van der Waals surface area contributed by atoms with Crippen LogP contribution in [-0.4, -0.2) is 11.1 Å². The Morgan fingerprint density at radius 2 is 0.659 bits per heavy atom. The van der Waals surface area contributed by atoms with Gasteiger partial charge in [0.2, 0.25) is 0 Å². The van der Waals surface area contributed by atoms with Gasteiger partial charge in [0.15, 0.2) is 0 Å². The summed E-state index contributed by atoms with van der Waals surface area (Å²) >= 11 is 0. The van der Waals surface area contributed by atoms with E-state index >= 15 is 0 Å². The molecule has 264 valence electrons. The zero-order valence-electron chi connectivity index (χ0n) is 31.2. The van der Waals surface area contributed by atoms with E-state index in [0.717, 1.165) is 38.5 Å². The molecule has 0 fully saturated rings. The fourth-order valence-electron chi connectivity index (χ4n) is 7.64. The lowest BCUT2D eigenvalue weighted by atomic mass is 9.66. The third-order valence-corrected chi connectivity index (χ3v) is 10.9. The highest BCUT2D eigenvalue weighted by molar-refractivity contribution is 5.75. The molecule has 2 nitrogen and oxygen atoms in total. The molecule has 0 heterocycles. The van der Waals surface area contributed by atoms with Crippen molar-refractivity contribution in [3.63, 3.8) is 0 Å². The number of rotatable bonds is 37. The minimum absolute atomic E-state index is 0.357. The third kappa shape index (κ3) is 24.7. The lowest BCUT2D eigenvalue weighted by molar-refractivity contribution is -0.154. The fourth-order valence-corrected chi connectivity index (χ4v) is 7.64. The number of hydrogen-bond acceptors (Lipinski definition) is 1. The van der Waals surface area contributed by atoms with Crippen molar-refractivity contribution >= 4 is 5.97 Å². The molecule has 0 saturated heterocycles. The van der Waals surface area contributed by atoms with E-state index in [-0.39, 0.29) is 0 Å². The Bertz CT molecular complexity index is 572. The molecule has 0 aliphatic rings. The molecule has 1 N–H and O–H groups in total. The van der Waals surface area contributed by atoms with E-state index in [2.05, 4.69) is 27.7 Å². The molecule has 0 saturated carbocycles. The smallest absolute Gasteiger partial charge is 0.309 e. The van der Waals surface area contributed by atoms with Gasteiger partial charge < -0.3 is 5.11 Å². The predicted molar refractivity (Wildman–Crippen MR) is 198 cm³/mol. The summed E-state index contributed by atoms with van der Waals surface area (Å²) < 4.78 is 0. The second-order valence-electron chi connectivity index (χ2n) is 14.7. The van der Waals surface area contributed by atoms with Crippen molar-refractivity contribution in [2.24, 2.45) is 11.3 Å². The summed E-state index contributed by atoms with van der Waals surface area (Å²) in [4.78, 5) is 12.7. The van der Waals surface area contributed by atoms with Gasteiger partial charge in [0, 0.05) is 0 Å². The number of carbonyl (C=O) groups is 1. The first-order valence-electron chi connectivity index (χ1n) is 20.8. The largest absolute Gasteiger partial charge is 0.481 e. The van der Waals surface area contributed by atoms with E-state index in [4.69, 9.17) is 0 Å². The molecule has 0 radical (unpaired) electrons. The lowest BCUT2D eigenvalue weighted by Crippen LogP contribution is -2.38. The number of unbranched alkanes of at least 4 members (excludes halogenated alkanes) is 28. The van der Waals surface area contributed by atoms with E-state index in [1.165, 1.54) is 186 Å². The lowest BCUT2D eigenvalue weighted by Gasteiger charge is -2.37. The van der Waals surface area contributed by atoms with E-state index < -0.39 is 11.4 Å². The van der Waals surface area contributed by atoms with Crippen molar-refractivity contribution in [3.05, 3.63) is 0 Å². The molecule has 2 heteroatoms. The minimum atomic E-state index is -0.509. The summed E-state index contributed by atoms with van der Waals surface area (Å²) in [6.07, 6.45) is 46.3. The maximum Gasteiger partial charge on any atom is 0.309 e. The first-order chi connectivity index (χ1) is 21.6. The number of carboxylic acid groups (broad SMARTS) is 1. The van der Waals surface area contributed by atoms with Crippen molar-refractivity contribution in [3.8, 4) is 0 Å². The van der Waals surface area contributed by atoms with Crippen LogP contribution in [0.3, 0.4) is 0 Å². The normalized spacial score (nSPS) is 13.7. The van der Waals surface area contributed by atoms with Gasteiger partial charge in [-0.15, -0.1) is 0 Å². The van der Waals surface area contributed by atoms with Crippen molar-refractivity contribution < 1.29 is 9.90 Å². The van der Waals surface area contributed by atoms with Gasteiger partial charge in [-0.05, 0) is 31.6 Å². The molecule has 44 heavy (non-hydrogen) atoms. The number of carboxylic acids is 1. The monoisotopic (exact) mass is 621 g/mol. The summed E-state index contributed by atoms with van der Waals surface area (Å²) in [5.74, 6) is -0.152. The quantitative estimate of drug-likeness (QED) is 0.0701. The van der Waals surface area contributed by atoms with Gasteiger partial charge in [-0.2, -0.15) is 0 Å². The van der Waals surface area contributed by atoms with E-state index in [1.54, 1.807) is 0 Å². The molecule has 0 bridgehead atoms. The molecule has 2 unspecified atom stereocenters. The van der Waals surface area contributed by atoms with Gasteiger partial charge >= 0.3 is 5.97 Å². The second-order valence-corrected chi connectivity index (χ2v) is 14.7. The molecule has 0 amide bonds. The van der Waals surface area contributed by atoms with E-state index in [1.807, 2.05) is 0 Å². The SMILES string of the molecule is CCCCCCCCCCCCCCCCCC(CCCCCCCCCCCCCCCC)C(CC)(CCCC)C(=O)O. The Labute approximate surface area is 279 Å². The predicted octanol–water partition coefficient (Wildman–Crippen LogP) is 15.4. The molecule has 0 aromatic heterocycles. The number of hydrogen-bond donors (Lipinski definition) is 1.